The van der Waals surface area contributed by atoms with Crippen LogP contribution in [0.15, 0.2) is 4.99 Å². The lowest BCUT2D eigenvalue weighted by Crippen LogP contribution is -2.41. The van der Waals surface area contributed by atoms with E-state index in [0.29, 0.717) is 0 Å². The Morgan fingerprint density at radius 2 is 1.81 bits per heavy atom. The molecule has 21 heavy (non-hydrogen) atoms. The largest absolute Gasteiger partial charge is 0.385 e. The van der Waals surface area contributed by atoms with Crippen LogP contribution >= 0.6 is 0 Å². The van der Waals surface area contributed by atoms with Gasteiger partial charge in [-0.2, -0.15) is 0 Å². The van der Waals surface area contributed by atoms with Crippen molar-refractivity contribution in [2.24, 2.45) is 4.99 Å². The van der Waals surface area contributed by atoms with E-state index in [-0.39, 0.29) is 0 Å². The summed E-state index contributed by atoms with van der Waals surface area (Å²) in [4.78, 5) is 9.08. The molecule has 0 saturated heterocycles. The number of likely N-dealkylation sites (N-methyl/N-ethyl adjacent to an activating group) is 1. The molecule has 0 bridgehead atoms. The van der Waals surface area contributed by atoms with Crippen LogP contribution in [0.1, 0.15) is 19.8 Å². The van der Waals surface area contributed by atoms with Crippen molar-refractivity contribution in [1.82, 2.24) is 20.4 Å². The number of rotatable bonds is 12. The molecule has 0 aromatic rings. The van der Waals surface area contributed by atoms with Crippen molar-refractivity contribution >= 4 is 5.96 Å². The summed E-state index contributed by atoms with van der Waals surface area (Å²) in [6.45, 7) is 8.72. The summed E-state index contributed by atoms with van der Waals surface area (Å²) in [5.74, 6) is 0.918. The predicted octanol–water partition coefficient (Wildman–Crippen LogP) is 0.462. The van der Waals surface area contributed by atoms with Gasteiger partial charge in [0.05, 0.1) is 0 Å². The van der Waals surface area contributed by atoms with Gasteiger partial charge in [0.15, 0.2) is 5.96 Å². The van der Waals surface area contributed by atoms with Gasteiger partial charge in [-0.15, -0.1) is 0 Å². The average molecular weight is 301 g/mol. The molecule has 0 aromatic heterocycles. The molecule has 0 saturated carbocycles. The lowest BCUT2D eigenvalue weighted by atomic mass is 10.4. The van der Waals surface area contributed by atoms with Crippen LogP contribution in [-0.4, -0.2) is 89.9 Å². The zero-order chi connectivity index (χ0) is 15.9. The van der Waals surface area contributed by atoms with E-state index >= 15 is 0 Å². The second kappa shape index (κ2) is 14.1. The molecule has 0 rings (SSSR count). The Labute approximate surface area is 130 Å². The Kier molecular flexibility index (Phi) is 13.5. The molecule has 6 nitrogen and oxygen atoms in total. The quantitative estimate of drug-likeness (QED) is 0.312. The van der Waals surface area contributed by atoms with Gasteiger partial charge in [-0.05, 0) is 47.5 Å². The van der Waals surface area contributed by atoms with Crippen molar-refractivity contribution in [2.45, 2.75) is 19.8 Å². The Morgan fingerprint density at radius 3 is 2.43 bits per heavy atom. The predicted molar refractivity (Wildman–Crippen MR) is 91.1 cm³/mol. The molecule has 0 radical (unpaired) electrons. The number of aliphatic imine (C=N–C) groups is 1. The third-order valence-corrected chi connectivity index (χ3v) is 3.05. The third kappa shape index (κ3) is 13.9. The minimum Gasteiger partial charge on any atom is -0.385 e. The smallest absolute Gasteiger partial charge is 0.191 e. The molecular weight excluding hydrogens is 266 g/mol. The summed E-state index contributed by atoms with van der Waals surface area (Å²) in [5.41, 5.74) is 0. The van der Waals surface area contributed by atoms with E-state index in [1.165, 1.54) is 0 Å². The second-order valence-corrected chi connectivity index (χ2v) is 5.49. The maximum absolute atomic E-state index is 5.06. The zero-order valence-electron chi connectivity index (χ0n) is 14.6. The standard InChI is InChI=1S/C15H35N5O/c1-6-16-15(17-9-7-11-19(2)3)18-10-13-20(4)12-8-14-21-5/h6-14H2,1-5H3,(H2,16,17,18). The highest BCUT2D eigenvalue weighted by molar-refractivity contribution is 5.79. The molecule has 0 spiro atoms. The summed E-state index contributed by atoms with van der Waals surface area (Å²) in [6.07, 6.45) is 2.16. The van der Waals surface area contributed by atoms with Crippen molar-refractivity contribution in [1.29, 1.82) is 0 Å². The van der Waals surface area contributed by atoms with Crippen LogP contribution in [0.5, 0.6) is 0 Å². The van der Waals surface area contributed by atoms with Gasteiger partial charge in [-0.25, -0.2) is 0 Å². The van der Waals surface area contributed by atoms with E-state index in [2.05, 4.69) is 53.5 Å². The first kappa shape index (κ1) is 20.1. The van der Waals surface area contributed by atoms with Crippen LogP contribution in [0.25, 0.3) is 0 Å². The van der Waals surface area contributed by atoms with E-state index in [1.54, 1.807) is 7.11 Å². The number of nitrogens with zero attached hydrogens (tertiary/aromatic N) is 3. The SMILES string of the molecule is CCNC(=NCCCN(C)C)NCCN(C)CCCOC. The molecule has 0 atom stereocenters. The molecule has 0 aliphatic heterocycles. The number of hydrogen-bond donors (Lipinski definition) is 2. The molecule has 0 fully saturated rings. The van der Waals surface area contributed by atoms with Crippen molar-refractivity contribution in [2.75, 3.05) is 74.1 Å². The van der Waals surface area contributed by atoms with Crippen molar-refractivity contribution < 1.29 is 4.74 Å². The summed E-state index contributed by atoms with van der Waals surface area (Å²) in [7, 11) is 8.06. The van der Waals surface area contributed by atoms with Crippen LogP contribution in [-0.2, 0) is 4.74 Å². The van der Waals surface area contributed by atoms with Gasteiger partial charge >= 0.3 is 0 Å². The Bertz CT molecular complexity index is 258. The molecule has 2 N–H and O–H groups in total. The fraction of sp³-hybridized carbons (Fsp3) is 0.933. The number of ether oxygens (including phenoxy) is 1. The minimum absolute atomic E-state index is 0.827. The molecule has 0 aliphatic carbocycles. The number of hydrogen-bond acceptors (Lipinski definition) is 4. The molecule has 0 heterocycles. The first-order valence-electron chi connectivity index (χ1n) is 7.94. The average Bonchev–Trinajstić information content (AvgIpc) is 2.43. The summed E-state index contributed by atoms with van der Waals surface area (Å²) >= 11 is 0. The topological polar surface area (TPSA) is 52.1 Å². The highest BCUT2D eigenvalue weighted by atomic mass is 16.5. The molecular formula is C15H35N5O. The number of methoxy groups -OCH3 is 1. The number of guanidine groups is 1. The van der Waals surface area contributed by atoms with Gasteiger partial charge in [0.25, 0.3) is 0 Å². The zero-order valence-corrected chi connectivity index (χ0v) is 14.6. The monoisotopic (exact) mass is 301 g/mol. The van der Waals surface area contributed by atoms with Crippen LogP contribution in [0.4, 0.5) is 0 Å². The summed E-state index contributed by atoms with van der Waals surface area (Å²) in [6, 6.07) is 0. The highest BCUT2D eigenvalue weighted by Gasteiger charge is 2.00. The molecule has 0 aromatic carbocycles. The highest BCUT2D eigenvalue weighted by Crippen LogP contribution is 1.88. The first-order chi connectivity index (χ1) is 10.1. The fourth-order valence-corrected chi connectivity index (χ4v) is 1.88. The Balaban J connectivity index is 3.84. The molecule has 6 heteroatoms. The van der Waals surface area contributed by atoms with E-state index in [9.17, 15) is 0 Å². The summed E-state index contributed by atoms with van der Waals surface area (Å²) in [5, 5.41) is 6.67. The van der Waals surface area contributed by atoms with Crippen molar-refractivity contribution in [3.05, 3.63) is 0 Å². The fourth-order valence-electron chi connectivity index (χ4n) is 1.88. The first-order valence-corrected chi connectivity index (χ1v) is 7.94. The van der Waals surface area contributed by atoms with Gasteiger partial charge < -0.3 is 25.2 Å². The number of nitrogens with one attached hydrogen (secondary N) is 2. The molecule has 0 amide bonds. The van der Waals surface area contributed by atoms with E-state index in [0.717, 1.165) is 64.7 Å². The van der Waals surface area contributed by atoms with Gasteiger partial charge in [0.1, 0.15) is 0 Å². The van der Waals surface area contributed by atoms with E-state index < -0.39 is 0 Å². The lowest BCUT2D eigenvalue weighted by Gasteiger charge is -2.18. The van der Waals surface area contributed by atoms with E-state index in [1.807, 2.05) is 0 Å². The molecule has 0 unspecified atom stereocenters. The second-order valence-electron chi connectivity index (χ2n) is 5.49. The summed E-state index contributed by atoms with van der Waals surface area (Å²) < 4.78 is 5.06. The van der Waals surface area contributed by atoms with Crippen LogP contribution in [0.2, 0.25) is 0 Å². The Hall–Kier alpha value is -0.850. The van der Waals surface area contributed by atoms with E-state index in [4.69, 9.17) is 4.74 Å². The maximum atomic E-state index is 5.06. The Morgan fingerprint density at radius 1 is 1.05 bits per heavy atom. The van der Waals surface area contributed by atoms with Gasteiger partial charge in [-0.1, -0.05) is 0 Å². The maximum Gasteiger partial charge on any atom is 0.191 e. The van der Waals surface area contributed by atoms with Gasteiger partial charge in [0, 0.05) is 46.4 Å². The van der Waals surface area contributed by atoms with Crippen LogP contribution in [0.3, 0.4) is 0 Å². The van der Waals surface area contributed by atoms with Crippen LogP contribution < -0.4 is 10.6 Å². The van der Waals surface area contributed by atoms with Gasteiger partial charge in [0.2, 0.25) is 0 Å². The van der Waals surface area contributed by atoms with Crippen molar-refractivity contribution in [3.63, 3.8) is 0 Å². The van der Waals surface area contributed by atoms with Gasteiger partial charge in [-0.3, -0.25) is 4.99 Å². The van der Waals surface area contributed by atoms with Crippen molar-refractivity contribution in [3.8, 4) is 0 Å². The lowest BCUT2D eigenvalue weighted by molar-refractivity contribution is 0.180. The van der Waals surface area contributed by atoms with Crippen LogP contribution in [0, 0.1) is 0 Å². The minimum atomic E-state index is 0.827. The third-order valence-electron chi connectivity index (χ3n) is 3.05. The molecule has 0 aliphatic rings. The normalized spacial score (nSPS) is 12.2. The molecule has 126 valence electrons.